The van der Waals surface area contributed by atoms with Crippen LogP contribution in [-0.4, -0.2) is 34.0 Å². The van der Waals surface area contributed by atoms with Crippen LogP contribution in [-0.2, 0) is 14.3 Å². The molecule has 3 rings (SSSR count). The van der Waals surface area contributed by atoms with Crippen LogP contribution >= 0.6 is 22.6 Å². The molecule has 1 heterocycles. The van der Waals surface area contributed by atoms with E-state index < -0.39 is 6.29 Å². The van der Waals surface area contributed by atoms with Gasteiger partial charge in [0.25, 0.3) is 0 Å². The lowest BCUT2D eigenvalue weighted by Gasteiger charge is -2.37. The zero-order chi connectivity index (χ0) is 13.6. The summed E-state index contributed by atoms with van der Waals surface area (Å²) in [6.45, 7) is 2.67. The quantitative estimate of drug-likeness (QED) is 0.464. The van der Waals surface area contributed by atoms with Gasteiger partial charge in [-0.2, -0.15) is 0 Å². The average Bonchev–Trinajstić information content (AvgIpc) is 3.05. The lowest BCUT2D eigenvalue weighted by molar-refractivity contribution is -0.159. The van der Waals surface area contributed by atoms with Crippen molar-refractivity contribution in [2.45, 2.75) is 55.3 Å². The summed E-state index contributed by atoms with van der Waals surface area (Å²) in [5.74, 6) is 0.811. The van der Waals surface area contributed by atoms with Crippen LogP contribution in [0.25, 0.3) is 0 Å². The number of hydrogen-bond acceptors (Lipinski definition) is 4. The summed E-state index contributed by atoms with van der Waals surface area (Å²) in [5, 5.41) is 10.1. The average molecular weight is 380 g/mol. The smallest absolute Gasteiger partial charge is 0.319 e. The second-order valence-corrected chi connectivity index (χ2v) is 7.69. The monoisotopic (exact) mass is 380 g/mol. The molecule has 1 saturated heterocycles. The van der Waals surface area contributed by atoms with Crippen LogP contribution in [0.2, 0.25) is 0 Å². The maximum Gasteiger partial charge on any atom is 0.319 e. The van der Waals surface area contributed by atoms with E-state index >= 15 is 0 Å². The number of aliphatic hydroxyl groups excluding tert-OH is 1. The number of rotatable bonds is 3. The molecule has 4 nitrogen and oxygen atoms in total. The minimum atomic E-state index is -0.605. The van der Waals surface area contributed by atoms with Crippen LogP contribution in [0.1, 0.15) is 39.0 Å². The van der Waals surface area contributed by atoms with Crippen LogP contribution in [0.4, 0.5) is 0 Å². The number of alkyl halides is 1. The molecule has 6 unspecified atom stereocenters. The third kappa shape index (κ3) is 2.21. The number of carbonyl (C=O) groups is 1. The maximum atomic E-state index is 11.9. The van der Waals surface area contributed by atoms with E-state index in [4.69, 9.17) is 9.47 Å². The first kappa shape index (κ1) is 14.1. The SMILES string of the molecule is CCC(I)C(=O)OC1CC2CC1CC21CCOC1O. The second-order valence-electron chi connectivity index (χ2n) is 6.19. The molecule has 0 amide bonds. The molecule has 6 atom stereocenters. The molecule has 2 saturated carbocycles. The van der Waals surface area contributed by atoms with Crippen molar-refractivity contribution in [3.8, 4) is 0 Å². The van der Waals surface area contributed by atoms with Gasteiger partial charge >= 0.3 is 5.97 Å². The summed E-state index contributed by atoms with van der Waals surface area (Å²) < 4.78 is 11.0. The minimum Gasteiger partial charge on any atom is -0.461 e. The van der Waals surface area contributed by atoms with Gasteiger partial charge in [-0.3, -0.25) is 4.79 Å². The fraction of sp³-hybridized carbons (Fsp3) is 0.929. The van der Waals surface area contributed by atoms with Crippen molar-refractivity contribution in [3.63, 3.8) is 0 Å². The Hall–Kier alpha value is 0.120. The van der Waals surface area contributed by atoms with Gasteiger partial charge in [0.1, 0.15) is 10.0 Å². The Morgan fingerprint density at radius 1 is 1.58 bits per heavy atom. The summed E-state index contributed by atoms with van der Waals surface area (Å²) in [6.07, 6.45) is 4.18. The van der Waals surface area contributed by atoms with Gasteiger partial charge in [0.05, 0.1) is 6.61 Å². The van der Waals surface area contributed by atoms with Crippen molar-refractivity contribution >= 4 is 28.6 Å². The third-order valence-corrected chi connectivity index (χ3v) is 6.69. The molecule has 2 bridgehead atoms. The second kappa shape index (κ2) is 5.15. The molecule has 1 aliphatic heterocycles. The van der Waals surface area contributed by atoms with Crippen LogP contribution in [0.15, 0.2) is 0 Å². The van der Waals surface area contributed by atoms with Crippen LogP contribution < -0.4 is 0 Å². The number of fused-ring (bicyclic) bond motifs is 3. The topological polar surface area (TPSA) is 55.8 Å². The predicted octanol–water partition coefficient (Wildman–Crippen LogP) is 2.27. The highest BCUT2D eigenvalue weighted by atomic mass is 127. The van der Waals surface area contributed by atoms with Gasteiger partial charge in [0.2, 0.25) is 0 Å². The van der Waals surface area contributed by atoms with Crippen molar-refractivity contribution in [1.82, 2.24) is 0 Å². The molecule has 3 aliphatic rings. The zero-order valence-corrected chi connectivity index (χ0v) is 13.3. The summed E-state index contributed by atoms with van der Waals surface area (Å²) in [6, 6.07) is 0. The van der Waals surface area contributed by atoms with E-state index in [-0.39, 0.29) is 21.4 Å². The van der Waals surface area contributed by atoms with Crippen LogP contribution in [0.5, 0.6) is 0 Å². The van der Waals surface area contributed by atoms with E-state index in [1.165, 1.54) is 0 Å². The van der Waals surface area contributed by atoms with E-state index in [1.807, 2.05) is 6.92 Å². The van der Waals surface area contributed by atoms with Gasteiger partial charge in [0, 0.05) is 5.41 Å². The Kier molecular flexibility index (Phi) is 3.81. The Labute approximate surface area is 127 Å². The number of aliphatic hydroxyl groups is 1. The van der Waals surface area contributed by atoms with Crippen molar-refractivity contribution in [2.24, 2.45) is 17.3 Å². The molecular weight excluding hydrogens is 359 g/mol. The van der Waals surface area contributed by atoms with E-state index in [0.29, 0.717) is 18.4 Å². The first-order valence-electron chi connectivity index (χ1n) is 7.21. The van der Waals surface area contributed by atoms with Gasteiger partial charge in [0.15, 0.2) is 6.29 Å². The standard InChI is InChI=1S/C14H21IO4/c1-2-10(15)12(16)19-11-6-9-5-8(11)7-14(9)3-4-18-13(14)17/h8-11,13,17H,2-7H2,1H3. The molecule has 2 aliphatic carbocycles. The van der Waals surface area contributed by atoms with Crippen molar-refractivity contribution in [1.29, 1.82) is 0 Å². The van der Waals surface area contributed by atoms with Crippen LogP contribution in [0.3, 0.4) is 0 Å². The summed E-state index contributed by atoms with van der Waals surface area (Å²) in [5.41, 5.74) is -0.0396. The van der Waals surface area contributed by atoms with E-state index in [2.05, 4.69) is 22.6 Å². The van der Waals surface area contributed by atoms with Gasteiger partial charge < -0.3 is 14.6 Å². The molecule has 0 aromatic heterocycles. The zero-order valence-electron chi connectivity index (χ0n) is 11.2. The Morgan fingerprint density at radius 3 is 2.89 bits per heavy atom. The highest BCUT2D eigenvalue weighted by molar-refractivity contribution is 14.1. The molecule has 1 spiro atoms. The van der Waals surface area contributed by atoms with E-state index in [1.54, 1.807) is 0 Å². The van der Waals surface area contributed by atoms with E-state index in [0.717, 1.165) is 32.1 Å². The molecule has 0 radical (unpaired) electrons. The molecule has 0 aromatic rings. The predicted molar refractivity (Wildman–Crippen MR) is 77.8 cm³/mol. The summed E-state index contributed by atoms with van der Waals surface area (Å²) >= 11 is 2.15. The van der Waals surface area contributed by atoms with Crippen molar-refractivity contribution < 1.29 is 19.4 Å². The number of halogens is 1. The normalized spacial score (nSPS) is 45.8. The number of ether oxygens (including phenoxy) is 2. The van der Waals surface area contributed by atoms with Crippen molar-refractivity contribution in [3.05, 3.63) is 0 Å². The molecule has 0 aromatic carbocycles. The van der Waals surface area contributed by atoms with Crippen LogP contribution in [0, 0.1) is 17.3 Å². The van der Waals surface area contributed by atoms with Gasteiger partial charge in [-0.25, -0.2) is 0 Å². The highest BCUT2D eigenvalue weighted by Crippen LogP contribution is 2.61. The van der Waals surface area contributed by atoms with Crippen molar-refractivity contribution in [2.75, 3.05) is 6.61 Å². The fourth-order valence-corrected chi connectivity index (χ4v) is 4.36. The number of carbonyl (C=O) groups excluding carboxylic acids is 1. The first-order chi connectivity index (χ1) is 9.06. The van der Waals surface area contributed by atoms with Gasteiger partial charge in [-0.15, -0.1) is 0 Å². The Balaban J connectivity index is 1.62. The molecule has 19 heavy (non-hydrogen) atoms. The summed E-state index contributed by atoms with van der Waals surface area (Å²) in [7, 11) is 0. The largest absolute Gasteiger partial charge is 0.461 e. The molecule has 3 fully saturated rings. The highest BCUT2D eigenvalue weighted by Gasteiger charge is 2.61. The number of hydrogen-bond donors (Lipinski definition) is 1. The molecule has 5 heteroatoms. The Morgan fingerprint density at radius 2 is 2.37 bits per heavy atom. The molecule has 108 valence electrons. The van der Waals surface area contributed by atoms with E-state index in [9.17, 15) is 9.90 Å². The maximum absolute atomic E-state index is 11.9. The minimum absolute atomic E-state index is 0.0360. The van der Waals surface area contributed by atoms with Gasteiger partial charge in [-0.1, -0.05) is 29.5 Å². The first-order valence-corrected chi connectivity index (χ1v) is 8.45. The molecule has 1 N–H and O–H groups in total. The Bertz CT molecular complexity index is 374. The fourth-order valence-electron chi connectivity index (χ4n) is 4.22. The summed E-state index contributed by atoms with van der Waals surface area (Å²) in [4.78, 5) is 11.9. The van der Waals surface area contributed by atoms with Gasteiger partial charge in [-0.05, 0) is 43.9 Å². The molecular formula is C14H21IO4. The lowest BCUT2D eigenvalue weighted by Crippen LogP contribution is -2.40. The third-order valence-electron chi connectivity index (χ3n) is 5.30. The number of esters is 1. The lowest BCUT2D eigenvalue weighted by atomic mass is 9.71.